The SMILES string of the molecule is CC[C@@H](CC(=O)NOCc1ccccc1)[C@@H](C)NCCOCCN. The normalized spacial score (nSPS) is 13.5. The lowest BCUT2D eigenvalue weighted by Crippen LogP contribution is -2.38. The smallest absolute Gasteiger partial charge is 0.243 e. The molecule has 1 aromatic rings. The molecule has 4 N–H and O–H groups in total. The summed E-state index contributed by atoms with van der Waals surface area (Å²) in [5.74, 6) is 0.158. The molecule has 0 saturated heterocycles. The number of benzene rings is 1. The predicted molar refractivity (Wildman–Crippen MR) is 95.1 cm³/mol. The first kappa shape index (κ1) is 20.6. The summed E-state index contributed by atoms with van der Waals surface area (Å²) in [5.41, 5.74) is 8.93. The number of nitrogens with two attached hydrogens (primary N) is 1. The van der Waals surface area contributed by atoms with E-state index >= 15 is 0 Å². The number of amides is 1. The van der Waals surface area contributed by atoms with Crippen molar-refractivity contribution in [3.63, 3.8) is 0 Å². The molecule has 0 saturated carbocycles. The van der Waals surface area contributed by atoms with Crippen molar-refractivity contribution in [2.24, 2.45) is 11.7 Å². The molecule has 0 aliphatic rings. The van der Waals surface area contributed by atoms with Gasteiger partial charge in [0.05, 0.1) is 19.8 Å². The molecule has 1 amide bonds. The summed E-state index contributed by atoms with van der Waals surface area (Å²) < 4.78 is 5.34. The van der Waals surface area contributed by atoms with E-state index < -0.39 is 0 Å². The van der Waals surface area contributed by atoms with Crippen LogP contribution < -0.4 is 16.5 Å². The van der Waals surface area contributed by atoms with Crippen LogP contribution in [0.1, 0.15) is 32.3 Å². The number of hydrogen-bond acceptors (Lipinski definition) is 5. The summed E-state index contributed by atoms with van der Waals surface area (Å²) in [7, 11) is 0. The van der Waals surface area contributed by atoms with Crippen molar-refractivity contribution < 1.29 is 14.4 Å². The number of rotatable bonds is 13. The monoisotopic (exact) mass is 337 g/mol. The molecule has 0 bridgehead atoms. The summed E-state index contributed by atoms with van der Waals surface area (Å²) in [6.07, 6.45) is 1.35. The molecule has 6 nitrogen and oxygen atoms in total. The van der Waals surface area contributed by atoms with Gasteiger partial charge in [-0.1, -0.05) is 43.7 Å². The Hall–Kier alpha value is -1.47. The molecule has 2 atom stereocenters. The van der Waals surface area contributed by atoms with Gasteiger partial charge in [0.15, 0.2) is 0 Å². The Labute approximate surface area is 145 Å². The highest BCUT2D eigenvalue weighted by atomic mass is 16.6. The van der Waals surface area contributed by atoms with Crippen LogP contribution in [0.4, 0.5) is 0 Å². The standard InChI is InChI=1S/C18H31N3O3/c1-3-17(15(2)20-10-12-23-11-9-19)13-18(22)21-24-14-16-7-5-4-6-8-16/h4-8,15,17,20H,3,9-14,19H2,1-2H3,(H,21,22)/t15-,17+/m1/s1. The zero-order valence-corrected chi connectivity index (χ0v) is 14.8. The molecule has 1 aromatic carbocycles. The lowest BCUT2D eigenvalue weighted by Gasteiger charge is -2.23. The second-order valence-electron chi connectivity index (χ2n) is 5.82. The van der Waals surface area contributed by atoms with Crippen LogP contribution in [0.15, 0.2) is 30.3 Å². The van der Waals surface area contributed by atoms with Gasteiger partial charge >= 0.3 is 0 Å². The van der Waals surface area contributed by atoms with E-state index in [1.807, 2.05) is 30.3 Å². The summed E-state index contributed by atoms with van der Waals surface area (Å²) in [6, 6.07) is 9.98. The van der Waals surface area contributed by atoms with Gasteiger partial charge in [-0.15, -0.1) is 0 Å². The van der Waals surface area contributed by atoms with Gasteiger partial charge in [-0.05, 0) is 18.4 Å². The molecule has 136 valence electrons. The van der Waals surface area contributed by atoms with Gasteiger partial charge < -0.3 is 15.8 Å². The van der Waals surface area contributed by atoms with E-state index in [0.29, 0.717) is 32.8 Å². The van der Waals surface area contributed by atoms with Crippen molar-refractivity contribution in [1.29, 1.82) is 0 Å². The molecular formula is C18H31N3O3. The number of hydroxylamine groups is 1. The molecule has 0 heterocycles. The van der Waals surface area contributed by atoms with Gasteiger partial charge in [0.2, 0.25) is 5.91 Å². The molecule has 0 radical (unpaired) electrons. The Morgan fingerprint density at radius 1 is 1.25 bits per heavy atom. The van der Waals surface area contributed by atoms with Gasteiger partial charge in [0.25, 0.3) is 0 Å². The summed E-state index contributed by atoms with van der Waals surface area (Å²) in [5, 5.41) is 3.39. The van der Waals surface area contributed by atoms with Crippen LogP contribution in [-0.4, -0.2) is 38.3 Å². The second kappa shape index (κ2) is 12.9. The third-order valence-corrected chi connectivity index (χ3v) is 3.92. The van der Waals surface area contributed by atoms with Crippen molar-refractivity contribution >= 4 is 5.91 Å². The second-order valence-corrected chi connectivity index (χ2v) is 5.82. The van der Waals surface area contributed by atoms with Crippen molar-refractivity contribution in [2.45, 2.75) is 39.3 Å². The molecule has 0 aliphatic heterocycles. The molecule has 0 aromatic heterocycles. The van der Waals surface area contributed by atoms with E-state index in [2.05, 4.69) is 24.6 Å². The Morgan fingerprint density at radius 3 is 2.67 bits per heavy atom. The van der Waals surface area contributed by atoms with E-state index in [4.69, 9.17) is 15.3 Å². The van der Waals surface area contributed by atoms with Gasteiger partial charge in [0.1, 0.15) is 0 Å². The highest BCUT2D eigenvalue weighted by molar-refractivity contribution is 5.75. The molecule has 0 unspecified atom stereocenters. The van der Waals surface area contributed by atoms with Crippen LogP contribution >= 0.6 is 0 Å². The molecule has 0 spiro atoms. The van der Waals surface area contributed by atoms with Crippen LogP contribution in [0.25, 0.3) is 0 Å². The fourth-order valence-corrected chi connectivity index (χ4v) is 2.44. The number of nitrogens with one attached hydrogen (secondary N) is 2. The zero-order chi connectivity index (χ0) is 17.6. The van der Waals surface area contributed by atoms with Crippen LogP contribution in [0.2, 0.25) is 0 Å². The van der Waals surface area contributed by atoms with E-state index in [0.717, 1.165) is 18.5 Å². The van der Waals surface area contributed by atoms with Gasteiger partial charge in [-0.2, -0.15) is 0 Å². The molecule has 24 heavy (non-hydrogen) atoms. The minimum Gasteiger partial charge on any atom is -0.379 e. The lowest BCUT2D eigenvalue weighted by atomic mass is 9.94. The average Bonchev–Trinajstić information content (AvgIpc) is 2.60. The van der Waals surface area contributed by atoms with Crippen molar-refractivity contribution in [3.05, 3.63) is 35.9 Å². The Bertz CT molecular complexity index is 442. The molecular weight excluding hydrogens is 306 g/mol. The number of hydrogen-bond donors (Lipinski definition) is 3. The minimum absolute atomic E-state index is 0.0918. The van der Waals surface area contributed by atoms with Crippen molar-refractivity contribution in [3.8, 4) is 0 Å². The number of ether oxygens (including phenoxy) is 1. The fourth-order valence-electron chi connectivity index (χ4n) is 2.44. The predicted octanol–water partition coefficient (Wildman–Crippen LogP) is 1.60. The van der Waals surface area contributed by atoms with E-state index in [9.17, 15) is 4.79 Å². The summed E-state index contributed by atoms with van der Waals surface area (Å²) >= 11 is 0. The van der Waals surface area contributed by atoms with Crippen molar-refractivity contribution in [1.82, 2.24) is 10.8 Å². The van der Waals surface area contributed by atoms with Crippen LogP contribution in [-0.2, 0) is 21.0 Å². The Kier molecular flexibility index (Phi) is 11.1. The highest BCUT2D eigenvalue weighted by Gasteiger charge is 2.18. The molecule has 1 rings (SSSR count). The maximum Gasteiger partial charge on any atom is 0.243 e. The van der Waals surface area contributed by atoms with Crippen LogP contribution in [0, 0.1) is 5.92 Å². The maximum atomic E-state index is 12.0. The highest BCUT2D eigenvalue weighted by Crippen LogP contribution is 2.13. The number of carbonyl (C=O) groups is 1. The summed E-state index contributed by atoms with van der Waals surface area (Å²) in [6.45, 7) is 7.05. The molecule has 0 fully saturated rings. The van der Waals surface area contributed by atoms with Gasteiger partial charge in [0, 0.05) is 25.6 Å². The molecule has 6 heteroatoms. The topological polar surface area (TPSA) is 85.6 Å². The van der Waals surface area contributed by atoms with E-state index in [1.54, 1.807) is 0 Å². The zero-order valence-electron chi connectivity index (χ0n) is 14.8. The third-order valence-electron chi connectivity index (χ3n) is 3.92. The first-order chi connectivity index (χ1) is 11.7. The van der Waals surface area contributed by atoms with Crippen LogP contribution in [0.3, 0.4) is 0 Å². The quantitative estimate of drug-likeness (QED) is 0.376. The van der Waals surface area contributed by atoms with E-state index in [-0.39, 0.29) is 17.9 Å². The van der Waals surface area contributed by atoms with Crippen LogP contribution in [0.5, 0.6) is 0 Å². The van der Waals surface area contributed by atoms with Gasteiger partial charge in [-0.25, -0.2) is 5.48 Å². The first-order valence-electron chi connectivity index (χ1n) is 8.63. The third kappa shape index (κ3) is 8.98. The van der Waals surface area contributed by atoms with Crippen molar-refractivity contribution in [2.75, 3.05) is 26.3 Å². The number of carbonyl (C=O) groups excluding carboxylic acids is 1. The fraction of sp³-hybridized carbons (Fsp3) is 0.611. The van der Waals surface area contributed by atoms with E-state index in [1.165, 1.54) is 0 Å². The largest absolute Gasteiger partial charge is 0.379 e. The summed E-state index contributed by atoms with van der Waals surface area (Å²) in [4.78, 5) is 17.3. The Balaban J connectivity index is 2.21. The first-order valence-corrected chi connectivity index (χ1v) is 8.63. The van der Waals surface area contributed by atoms with Gasteiger partial charge in [-0.3, -0.25) is 9.63 Å². The average molecular weight is 337 g/mol. The maximum absolute atomic E-state index is 12.0. The lowest BCUT2D eigenvalue weighted by molar-refractivity contribution is -0.135. The minimum atomic E-state index is -0.0918. The Morgan fingerprint density at radius 2 is 2.00 bits per heavy atom. The molecule has 0 aliphatic carbocycles.